The Hall–Kier alpha value is -1.56. The standard InChI is InChI=1S/C11H10F2O/c1-4-7(2)8-5-9(12)10(13)6-11(8)14-3/h1,5-7H,2-3H3. The van der Waals surface area contributed by atoms with E-state index in [0.29, 0.717) is 5.56 Å². The topological polar surface area (TPSA) is 9.23 Å². The Morgan fingerprint density at radius 1 is 1.36 bits per heavy atom. The van der Waals surface area contributed by atoms with Gasteiger partial charge in [-0.05, 0) is 13.0 Å². The van der Waals surface area contributed by atoms with E-state index in [-0.39, 0.29) is 11.7 Å². The molecular formula is C11H10F2O. The van der Waals surface area contributed by atoms with E-state index in [0.717, 1.165) is 12.1 Å². The van der Waals surface area contributed by atoms with Gasteiger partial charge in [0.05, 0.1) is 7.11 Å². The molecule has 0 heterocycles. The molecule has 0 aliphatic heterocycles. The Bertz CT molecular complexity index is 380. The number of hydrogen-bond acceptors (Lipinski definition) is 1. The summed E-state index contributed by atoms with van der Waals surface area (Å²) in [5.74, 6) is 0.551. The van der Waals surface area contributed by atoms with Crippen LogP contribution in [0.4, 0.5) is 8.78 Å². The van der Waals surface area contributed by atoms with Gasteiger partial charge in [0.15, 0.2) is 11.6 Å². The first-order valence-corrected chi connectivity index (χ1v) is 4.09. The van der Waals surface area contributed by atoms with E-state index in [1.54, 1.807) is 6.92 Å². The molecule has 14 heavy (non-hydrogen) atoms. The maximum atomic E-state index is 12.9. The number of rotatable bonds is 2. The summed E-state index contributed by atoms with van der Waals surface area (Å²) in [6.45, 7) is 1.72. The van der Waals surface area contributed by atoms with E-state index < -0.39 is 11.6 Å². The third-order valence-electron chi connectivity index (χ3n) is 1.99. The first kappa shape index (κ1) is 10.5. The average Bonchev–Trinajstić information content (AvgIpc) is 2.20. The molecule has 74 valence electrons. The molecule has 1 nitrogen and oxygen atoms in total. The van der Waals surface area contributed by atoms with Crippen molar-refractivity contribution in [2.45, 2.75) is 12.8 Å². The van der Waals surface area contributed by atoms with Crippen LogP contribution in [0, 0.1) is 24.0 Å². The van der Waals surface area contributed by atoms with Gasteiger partial charge in [-0.25, -0.2) is 8.78 Å². The van der Waals surface area contributed by atoms with Crippen LogP contribution < -0.4 is 4.74 Å². The minimum Gasteiger partial charge on any atom is -0.496 e. The summed E-state index contributed by atoms with van der Waals surface area (Å²) >= 11 is 0. The predicted molar refractivity (Wildman–Crippen MR) is 50.2 cm³/mol. The fraction of sp³-hybridized carbons (Fsp3) is 0.273. The van der Waals surface area contributed by atoms with Crippen molar-refractivity contribution >= 4 is 0 Å². The molecule has 0 aliphatic carbocycles. The minimum atomic E-state index is -0.935. The molecule has 3 heteroatoms. The molecule has 1 unspecified atom stereocenters. The smallest absolute Gasteiger partial charge is 0.162 e. The highest BCUT2D eigenvalue weighted by Crippen LogP contribution is 2.28. The maximum absolute atomic E-state index is 12.9. The molecular weight excluding hydrogens is 186 g/mol. The van der Waals surface area contributed by atoms with E-state index in [1.807, 2.05) is 0 Å². The summed E-state index contributed by atoms with van der Waals surface area (Å²) in [7, 11) is 1.39. The summed E-state index contributed by atoms with van der Waals surface area (Å²) in [6.07, 6.45) is 5.19. The normalized spacial score (nSPS) is 11.9. The van der Waals surface area contributed by atoms with Gasteiger partial charge in [-0.1, -0.05) is 5.92 Å². The molecule has 0 spiro atoms. The van der Waals surface area contributed by atoms with E-state index in [1.165, 1.54) is 7.11 Å². The molecule has 0 bridgehead atoms. The number of terminal acetylenes is 1. The van der Waals surface area contributed by atoms with Gasteiger partial charge in [-0.15, -0.1) is 6.42 Å². The van der Waals surface area contributed by atoms with Crippen LogP contribution in [0.5, 0.6) is 5.75 Å². The van der Waals surface area contributed by atoms with Crippen LogP contribution in [0.3, 0.4) is 0 Å². The third kappa shape index (κ3) is 1.85. The van der Waals surface area contributed by atoms with Gasteiger partial charge in [0.25, 0.3) is 0 Å². The average molecular weight is 196 g/mol. The molecule has 0 radical (unpaired) electrons. The van der Waals surface area contributed by atoms with Gasteiger partial charge in [0, 0.05) is 17.5 Å². The van der Waals surface area contributed by atoms with Crippen molar-refractivity contribution < 1.29 is 13.5 Å². The van der Waals surface area contributed by atoms with Crippen LogP contribution in [0.1, 0.15) is 18.4 Å². The van der Waals surface area contributed by atoms with Crippen molar-refractivity contribution in [3.05, 3.63) is 29.3 Å². The Labute approximate surface area is 81.7 Å². The summed E-state index contributed by atoms with van der Waals surface area (Å²) < 4.78 is 30.6. The van der Waals surface area contributed by atoms with Crippen LogP contribution in [0.25, 0.3) is 0 Å². The number of methoxy groups -OCH3 is 1. The number of ether oxygens (including phenoxy) is 1. The third-order valence-corrected chi connectivity index (χ3v) is 1.99. The van der Waals surface area contributed by atoms with Crippen molar-refractivity contribution in [2.24, 2.45) is 0 Å². The van der Waals surface area contributed by atoms with Crippen LogP contribution in [-0.4, -0.2) is 7.11 Å². The SMILES string of the molecule is C#CC(C)c1cc(F)c(F)cc1OC. The Morgan fingerprint density at radius 2 is 1.93 bits per heavy atom. The molecule has 1 rings (SSSR count). The van der Waals surface area contributed by atoms with Gasteiger partial charge >= 0.3 is 0 Å². The van der Waals surface area contributed by atoms with E-state index in [4.69, 9.17) is 11.2 Å². The van der Waals surface area contributed by atoms with Crippen molar-refractivity contribution in [3.8, 4) is 18.1 Å². The fourth-order valence-corrected chi connectivity index (χ4v) is 1.15. The van der Waals surface area contributed by atoms with E-state index in [9.17, 15) is 8.78 Å². The monoisotopic (exact) mass is 196 g/mol. The van der Waals surface area contributed by atoms with Crippen LogP contribution >= 0.6 is 0 Å². The zero-order chi connectivity index (χ0) is 10.7. The summed E-state index contributed by atoms with van der Waals surface area (Å²) in [5, 5.41) is 0. The molecule has 0 saturated heterocycles. The van der Waals surface area contributed by atoms with E-state index >= 15 is 0 Å². The molecule has 1 atom stereocenters. The first-order chi connectivity index (χ1) is 6.60. The fourth-order valence-electron chi connectivity index (χ4n) is 1.15. The minimum absolute atomic E-state index is 0.273. The lowest BCUT2D eigenvalue weighted by Gasteiger charge is -2.11. The molecule has 0 saturated carbocycles. The lowest BCUT2D eigenvalue weighted by molar-refractivity contribution is 0.400. The zero-order valence-electron chi connectivity index (χ0n) is 7.97. The van der Waals surface area contributed by atoms with Gasteiger partial charge in [-0.2, -0.15) is 0 Å². The van der Waals surface area contributed by atoms with Crippen LogP contribution in [-0.2, 0) is 0 Å². The highest BCUT2D eigenvalue weighted by Gasteiger charge is 2.13. The largest absolute Gasteiger partial charge is 0.496 e. The molecule has 0 aromatic heterocycles. The second-order valence-corrected chi connectivity index (χ2v) is 2.90. The van der Waals surface area contributed by atoms with Gasteiger partial charge < -0.3 is 4.74 Å². The van der Waals surface area contributed by atoms with Crippen molar-refractivity contribution in [1.82, 2.24) is 0 Å². The quantitative estimate of drug-likeness (QED) is 0.661. The predicted octanol–water partition coefficient (Wildman–Crippen LogP) is 2.71. The second-order valence-electron chi connectivity index (χ2n) is 2.90. The zero-order valence-corrected chi connectivity index (χ0v) is 7.97. The molecule has 0 fully saturated rings. The highest BCUT2D eigenvalue weighted by atomic mass is 19.2. The summed E-state index contributed by atoms with van der Waals surface area (Å²) in [6, 6.07) is 2.07. The van der Waals surface area contributed by atoms with Crippen LogP contribution in [0.2, 0.25) is 0 Å². The van der Waals surface area contributed by atoms with Gasteiger partial charge in [-0.3, -0.25) is 0 Å². The number of benzene rings is 1. The Morgan fingerprint density at radius 3 is 2.43 bits per heavy atom. The molecule has 1 aromatic carbocycles. The lowest BCUT2D eigenvalue weighted by atomic mass is 10.0. The van der Waals surface area contributed by atoms with E-state index in [2.05, 4.69) is 5.92 Å². The van der Waals surface area contributed by atoms with Crippen molar-refractivity contribution in [1.29, 1.82) is 0 Å². The Balaban J connectivity index is 3.28. The molecule has 0 amide bonds. The number of halogens is 2. The molecule has 0 aliphatic rings. The number of hydrogen-bond donors (Lipinski definition) is 0. The van der Waals surface area contributed by atoms with Gasteiger partial charge in [0.2, 0.25) is 0 Å². The van der Waals surface area contributed by atoms with Crippen LogP contribution in [0.15, 0.2) is 12.1 Å². The second kappa shape index (κ2) is 4.10. The lowest BCUT2D eigenvalue weighted by Crippen LogP contribution is -1.98. The first-order valence-electron chi connectivity index (χ1n) is 4.09. The maximum Gasteiger partial charge on any atom is 0.162 e. The molecule has 1 aromatic rings. The van der Waals surface area contributed by atoms with Gasteiger partial charge in [0.1, 0.15) is 5.75 Å². The molecule has 0 N–H and O–H groups in total. The Kier molecular flexibility index (Phi) is 3.08. The highest BCUT2D eigenvalue weighted by molar-refractivity contribution is 5.40. The van der Waals surface area contributed by atoms with Crippen molar-refractivity contribution in [3.63, 3.8) is 0 Å². The summed E-state index contributed by atoms with van der Waals surface area (Å²) in [4.78, 5) is 0. The van der Waals surface area contributed by atoms with Crippen molar-refractivity contribution in [2.75, 3.05) is 7.11 Å². The summed E-state index contributed by atoms with van der Waals surface area (Å²) in [5.41, 5.74) is 0.480.